The fourth-order valence-electron chi connectivity index (χ4n) is 7.37. The van der Waals surface area contributed by atoms with Crippen LogP contribution in [0, 0.1) is 12.8 Å². The van der Waals surface area contributed by atoms with Crippen molar-refractivity contribution in [2.45, 2.75) is 96.9 Å². The monoisotopic (exact) mass is 797 g/mol. The number of halogens is 3. The van der Waals surface area contributed by atoms with Gasteiger partial charge in [-0.15, -0.1) is 0 Å². The highest BCUT2D eigenvalue weighted by Gasteiger charge is 2.43. The molecule has 3 aromatic rings. The number of amides is 3. The van der Waals surface area contributed by atoms with Crippen LogP contribution in [0.25, 0.3) is 0 Å². The van der Waals surface area contributed by atoms with Crippen LogP contribution >= 0.6 is 34.8 Å². The highest BCUT2D eigenvalue weighted by molar-refractivity contribution is 6.37. The maximum Gasteiger partial charge on any atom is 0.410 e. The van der Waals surface area contributed by atoms with Gasteiger partial charge in [-0.3, -0.25) is 9.59 Å². The predicted molar refractivity (Wildman–Crippen MR) is 213 cm³/mol. The van der Waals surface area contributed by atoms with Gasteiger partial charge >= 0.3 is 6.09 Å². The van der Waals surface area contributed by atoms with Crippen LogP contribution in [0.4, 0.5) is 10.6 Å². The van der Waals surface area contributed by atoms with E-state index in [-0.39, 0.29) is 42.8 Å². The van der Waals surface area contributed by atoms with Gasteiger partial charge < -0.3 is 29.5 Å². The number of benzene rings is 2. The Hall–Kier alpha value is -3.73. The lowest BCUT2D eigenvalue weighted by Crippen LogP contribution is -2.51. The fraction of sp³-hybridized carbons (Fsp3) is 0.512. The van der Waals surface area contributed by atoms with E-state index in [0.29, 0.717) is 53.4 Å². The van der Waals surface area contributed by atoms with Gasteiger partial charge in [-0.1, -0.05) is 53.0 Å². The van der Waals surface area contributed by atoms with E-state index in [0.717, 1.165) is 53.9 Å². The molecule has 1 N–H and O–H groups in total. The second-order valence-corrected chi connectivity index (χ2v) is 16.9. The van der Waals surface area contributed by atoms with E-state index < -0.39 is 17.6 Å². The molecule has 6 rings (SSSR count). The number of anilines is 1. The van der Waals surface area contributed by atoms with Gasteiger partial charge in [0, 0.05) is 62.3 Å². The minimum Gasteiger partial charge on any atom is -0.485 e. The topological polar surface area (TPSA) is 104 Å². The fourth-order valence-corrected chi connectivity index (χ4v) is 8.23. The minimum atomic E-state index is -0.665. The average molecular weight is 799 g/mol. The molecule has 1 aromatic heterocycles. The van der Waals surface area contributed by atoms with Crippen molar-refractivity contribution in [3.05, 3.63) is 86.0 Å². The number of carbonyl (C=O) groups is 3. The third-order valence-electron chi connectivity index (χ3n) is 10.1. The molecule has 0 spiro atoms. The van der Waals surface area contributed by atoms with Crippen LogP contribution in [0.15, 0.2) is 48.7 Å². The summed E-state index contributed by atoms with van der Waals surface area (Å²) in [5, 5.41) is 4.38. The van der Waals surface area contributed by atoms with Crippen LogP contribution in [0.3, 0.4) is 0 Å². The summed E-state index contributed by atoms with van der Waals surface area (Å²) in [6.07, 6.45) is 4.74. The van der Waals surface area contributed by atoms with Crippen LogP contribution < -0.4 is 15.0 Å². The van der Waals surface area contributed by atoms with E-state index in [9.17, 15) is 14.4 Å². The predicted octanol–water partition coefficient (Wildman–Crippen LogP) is 8.22. The number of pyridine rings is 1. The van der Waals surface area contributed by atoms with Crippen molar-refractivity contribution >= 4 is 58.5 Å². The molecule has 1 aliphatic carbocycles. The van der Waals surface area contributed by atoms with Crippen LogP contribution in [0.5, 0.6) is 5.75 Å². The maximum atomic E-state index is 14.8. The molecule has 3 aliphatic rings. The number of piperidine rings is 1. The highest BCUT2D eigenvalue weighted by atomic mass is 35.5. The molecule has 2 saturated heterocycles. The molecule has 1 saturated carbocycles. The van der Waals surface area contributed by atoms with Gasteiger partial charge in [0.2, 0.25) is 11.8 Å². The minimum absolute atomic E-state index is 0.0296. The van der Waals surface area contributed by atoms with Crippen LogP contribution in [0.1, 0.15) is 81.5 Å². The summed E-state index contributed by atoms with van der Waals surface area (Å²) in [6, 6.07) is 13.4. The molecule has 2 aromatic carbocycles. The van der Waals surface area contributed by atoms with Crippen molar-refractivity contribution in [3.63, 3.8) is 0 Å². The number of hydrogen-bond acceptors (Lipinski definition) is 7. The number of nitrogens with zero attached hydrogens (tertiary/aromatic N) is 4. The molecule has 10 nitrogen and oxygen atoms in total. The number of carbonyl (C=O) groups excluding carboxylic acids is 3. The smallest absolute Gasteiger partial charge is 0.410 e. The standard InChI is InChI=1S/C41H50Cl3N5O5/c1-6-45-37(50)20-26-7-11-33(42)28(19-26)22-49(29-9-10-29)39(51)32-24-48(40(52)54-41(3,4)5)16-14-31(32)27-8-12-36(46-21-27)47-15-13-30(23-47)53-38-34(43)17-25(2)18-35(38)44/h7-8,11-12,17-19,21,29-32H,6,9-10,13-16,20,22-24H2,1-5H3,(H,45,50)/t30-,31?,32?/m0/s1. The molecule has 2 aliphatic heterocycles. The molecule has 290 valence electrons. The van der Waals surface area contributed by atoms with E-state index in [1.807, 2.05) is 76.0 Å². The number of hydrogen-bond donors (Lipinski definition) is 1. The third-order valence-corrected chi connectivity index (χ3v) is 11.1. The molecular weight excluding hydrogens is 749 g/mol. The van der Waals surface area contributed by atoms with Crippen molar-refractivity contribution in [3.8, 4) is 5.75 Å². The second-order valence-electron chi connectivity index (χ2n) is 15.7. The summed E-state index contributed by atoms with van der Waals surface area (Å²) in [4.78, 5) is 51.1. The Kier molecular flexibility index (Phi) is 12.5. The second kappa shape index (κ2) is 17.0. The van der Waals surface area contributed by atoms with Crippen LogP contribution in [-0.4, -0.2) is 83.2 Å². The molecular formula is C41H50Cl3N5O5. The Balaban J connectivity index is 1.21. The normalized spacial score (nSPS) is 20.1. The van der Waals surface area contributed by atoms with Crippen molar-refractivity contribution < 1.29 is 23.9 Å². The number of aryl methyl sites for hydroxylation is 1. The molecule has 54 heavy (non-hydrogen) atoms. The summed E-state index contributed by atoms with van der Waals surface area (Å²) in [5.41, 5.74) is 2.88. The zero-order valence-electron chi connectivity index (χ0n) is 31.7. The first-order valence-corrected chi connectivity index (χ1v) is 20.0. The summed E-state index contributed by atoms with van der Waals surface area (Å²) in [7, 11) is 0. The summed E-state index contributed by atoms with van der Waals surface area (Å²) >= 11 is 19.6. The lowest BCUT2D eigenvalue weighted by molar-refractivity contribution is -0.139. The van der Waals surface area contributed by atoms with E-state index in [4.69, 9.17) is 49.3 Å². The van der Waals surface area contributed by atoms with Gasteiger partial charge in [-0.2, -0.15) is 0 Å². The van der Waals surface area contributed by atoms with Crippen molar-refractivity contribution in [1.29, 1.82) is 0 Å². The number of likely N-dealkylation sites (tertiary alicyclic amines) is 1. The van der Waals surface area contributed by atoms with E-state index in [1.54, 1.807) is 11.0 Å². The van der Waals surface area contributed by atoms with Crippen molar-refractivity contribution in [2.24, 2.45) is 5.92 Å². The van der Waals surface area contributed by atoms with Gasteiger partial charge in [0.1, 0.15) is 17.5 Å². The molecule has 3 atom stereocenters. The summed E-state index contributed by atoms with van der Waals surface area (Å²) in [6.45, 7) is 12.3. The molecule has 13 heteroatoms. The Morgan fingerprint density at radius 1 is 0.944 bits per heavy atom. The Labute approximate surface area is 333 Å². The molecule has 3 heterocycles. The maximum absolute atomic E-state index is 14.8. The van der Waals surface area contributed by atoms with Crippen LogP contribution in [-0.2, 0) is 27.3 Å². The van der Waals surface area contributed by atoms with Gasteiger partial charge in [-0.05, 0) is 100 Å². The number of nitrogens with one attached hydrogen (secondary N) is 1. The highest BCUT2D eigenvalue weighted by Crippen LogP contribution is 2.40. The van der Waals surface area contributed by atoms with Crippen molar-refractivity contribution in [2.75, 3.05) is 37.6 Å². The number of rotatable bonds is 11. The first-order valence-electron chi connectivity index (χ1n) is 18.8. The third kappa shape index (κ3) is 9.92. The zero-order chi connectivity index (χ0) is 38.7. The zero-order valence-corrected chi connectivity index (χ0v) is 33.9. The lowest BCUT2D eigenvalue weighted by atomic mass is 9.80. The summed E-state index contributed by atoms with van der Waals surface area (Å²) < 4.78 is 12.0. The number of likely N-dealkylation sites (N-methyl/N-ethyl adjacent to an activating group) is 1. The quantitative estimate of drug-likeness (QED) is 0.209. The Morgan fingerprint density at radius 2 is 1.69 bits per heavy atom. The van der Waals surface area contributed by atoms with Crippen molar-refractivity contribution in [1.82, 2.24) is 20.1 Å². The van der Waals surface area contributed by atoms with Gasteiger partial charge in [0.25, 0.3) is 0 Å². The van der Waals surface area contributed by atoms with E-state index in [2.05, 4.69) is 16.3 Å². The van der Waals surface area contributed by atoms with E-state index >= 15 is 0 Å². The van der Waals surface area contributed by atoms with Gasteiger partial charge in [0.05, 0.1) is 28.9 Å². The van der Waals surface area contributed by atoms with Gasteiger partial charge in [0.15, 0.2) is 5.75 Å². The molecule has 0 bridgehead atoms. The Bertz CT molecular complexity index is 1820. The first kappa shape index (κ1) is 39.9. The van der Waals surface area contributed by atoms with Gasteiger partial charge in [-0.25, -0.2) is 9.78 Å². The first-order chi connectivity index (χ1) is 25.7. The molecule has 0 radical (unpaired) electrons. The lowest BCUT2D eigenvalue weighted by Gasteiger charge is -2.40. The number of aromatic nitrogens is 1. The largest absolute Gasteiger partial charge is 0.485 e. The Morgan fingerprint density at radius 3 is 2.33 bits per heavy atom. The number of ether oxygens (including phenoxy) is 2. The summed E-state index contributed by atoms with van der Waals surface area (Å²) in [5.74, 6) is 0.536. The molecule has 3 fully saturated rings. The SMILES string of the molecule is CCNC(=O)Cc1ccc(Cl)c(CN(C(=O)C2CN(C(=O)OC(C)(C)C)CCC2c2ccc(N3CC[C@H](Oc4c(Cl)cc(C)cc4Cl)C3)nc2)C2CC2)c1. The molecule has 3 amide bonds. The van der Waals surface area contributed by atoms with E-state index in [1.165, 1.54) is 0 Å². The average Bonchev–Trinajstić information content (AvgIpc) is 3.85. The molecule has 2 unspecified atom stereocenters. The van der Waals surface area contributed by atoms with Crippen LogP contribution in [0.2, 0.25) is 15.1 Å².